The van der Waals surface area contributed by atoms with Crippen molar-refractivity contribution in [2.24, 2.45) is 11.7 Å². The van der Waals surface area contributed by atoms with E-state index < -0.39 is 11.7 Å². The monoisotopic (exact) mass is 260 g/mol. The van der Waals surface area contributed by atoms with Crippen LogP contribution in [0.15, 0.2) is 24.3 Å². The molecule has 2 nitrogen and oxygen atoms in total. The molecule has 1 rings (SSSR count). The van der Waals surface area contributed by atoms with Crippen molar-refractivity contribution in [1.82, 2.24) is 5.32 Å². The van der Waals surface area contributed by atoms with Gasteiger partial charge in [0, 0.05) is 12.6 Å². The van der Waals surface area contributed by atoms with E-state index in [0.717, 1.165) is 24.2 Å². The molecule has 0 saturated heterocycles. The molecule has 0 amide bonds. The second-order valence-corrected chi connectivity index (χ2v) is 4.71. The first-order valence-electron chi connectivity index (χ1n) is 5.95. The fourth-order valence-corrected chi connectivity index (χ4v) is 1.62. The molecule has 0 aromatic heterocycles. The summed E-state index contributed by atoms with van der Waals surface area (Å²) in [6.45, 7) is 5.27. The fourth-order valence-electron chi connectivity index (χ4n) is 1.62. The Labute approximate surface area is 105 Å². The summed E-state index contributed by atoms with van der Waals surface area (Å²) in [6, 6.07) is 5.04. The maximum Gasteiger partial charge on any atom is 0.416 e. The highest BCUT2D eigenvalue weighted by atomic mass is 19.4. The minimum Gasteiger partial charge on any atom is -0.329 e. The van der Waals surface area contributed by atoms with Crippen molar-refractivity contribution >= 4 is 0 Å². The zero-order chi connectivity index (χ0) is 13.8. The summed E-state index contributed by atoms with van der Waals surface area (Å²) in [5.74, 6) is 0.466. The van der Waals surface area contributed by atoms with Gasteiger partial charge in [-0.15, -0.1) is 0 Å². The van der Waals surface area contributed by atoms with Crippen molar-refractivity contribution in [2.75, 3.05) is 13.1 Å². The number of hydrogen-bond donors (Lipinski definition) is 2. The van der Waals surface area contributed by atoms with E-state index in [1.807, 2.05) is 0 Å². The lowest BCUT2D eigenvalue weighted by Crippen LogP contribution is -2.31. The minimum absolute atomic E-state index is 0.102. The molecule has 0 radical (unpaired) electrons. The van der Waals surface area contributed by atoms with Gasteiger partial charge in [-0.05, 0) is 30.2 Å². The zero-order valence-electron chi connectivity index (χ0n) is 10.6. The first-order chi connectivity index (χ1) is 8.34. The van der Waals surface area contributed by atoms with Crippen LogP contribution in [0.1, 0.15) is 31.0 Å². The predicted molar refractivity (Wildman–Crippen MR) is 66.1 cm³/mol. The Kier molecular flexibility index (Phi) is 5.16. The molecule has 0 aliphatic carbocycles. The summed E-state index contributed by atoms with van der Waals surface area (Å²) in [6.07, 6.45) is -4.29. The largest absolute Gasteiger partial charge is 0.416 e. The summed E-state index contributed by atoms with van der Waals surface area (Å²) < 4.78 is 37.2. The standard InChI is InChI=1S/C13H19F3N2/c1-9(2)8-18-12(7-17)10-3-5-11(6-4-10)13(14,15)16/h3-6,9,12,18H,7-8,17H2,1-2H3. The Morgan fingerprint density at radius 3 is 2.11 bits per heavy atom. The molecule has 0 bridgehead atoms. The lowest BCUT2D eigenvalue weighted by Gasteiger charge is -2.19. The molecule has 5 heteroatoms. The normalized spacial score (nSPS) is 13.9. The molecule has 0 spiro atoms. The number of nitrogens with one attached hydrogen (secondary N) is 1. The molecule has 1 unspecified atom stereocenters. The van der Waals surface area contributed by atoms with E-state index in [1.165, 1.54) is 12.1 Å². The lowest BCUT2D eigenvalue weighted by molar-refractivity contribution is -0.137. The summed E-state index contributed by atoms with van der Waals surface area (Å²) >= 11 is 0. The Hall–Kier alpha value is -1.07. The van der Waals surface area contributed by atoms with Crippen molar-refractivity contribution in [3.8, 4) is 0 Å². The van der Waals surface area contributed by atoms with E-state index >= 15 is 0 Å². The van der Waals surface area contributed by atoms with Gasteiger partial charge >= 0.3 is 6.18 Å². The molecule has 18 heavy (non-hydrogen) atoms. The van der Waals surface area contributed by atoms with Crippen LogP contribution in [0, 0.1) is 5.92 Å². The summed E-state index contributed by atoms with van der Waals surface area (Å²) in [4.78, 5) is 0. The first-order valence-corrected chi connectivity index (χ1v) is 5.95. The van der Waals surface area contributed by atoms with Crippen LogP contribution in [-0.2, 0) is 6.18 Å². The molecule has 0 fully saturated rings. The summed E-state index contributed by atoms with van der Waals surface area (Å²) in [5, 5.41) is 3.24. The number of nitrogens with two attached hydrogens (primary N) is 1. The first kappa shape index (κ1) is 15.0. The van der Waals surface area contributed by atoms with E-state index in [9.17, 15) is 13.2 Å². The van der Waals surface area contributed by atoms with Gasteiger partial charge in [0.1, 0.15) is 0 Å². The van der Waals surface area contributed by atoms with Crippen molar-refractivity contribution in [3.63, 3.8) is 0 Å². The molecule has 0 saturated carbocycles. The van der Waals surface area contributed by atoms with E-state index in [4.69, 9.17) is 5.73 Å². The third-order valence-corrected chi connectivity index (χ3v) is 2.65. The van der Waals surface area contributed by atoms with Crippen LogP contribution in [0.25, 0.3) is 0 Å². The summed E-state index contributed by atoms with van der Waals surface area (Å²) in [5.41, 5.74) is 5.78. The third kappa shape index (κ3) is 4.31. The van der Waals surface area contributed by atoms with Crippen LogP contribution in [0.4, 0.5) is 13.2 Å². The van der Waals surface area contributed by atoms with Gasteiger partial charge in [0.05, 0.1) is 5.56 Å². The van der Waals surface area contributed by atoms with Crippen molar-refractivity contribution in [2.45, 2.75) is 26.1 Å². The molecular formula is C13H19F3N2. The number of halogens is 3. The highest BCUT2D eigenvalue weighted by molar-refractivity contribution is 5.27. The molecule has 0 heterocycles. The molecule has 0 aliphatic heterocycles. The third-order valence-electron chi connectivity index (χ3n) is 2.65. The van der Waals surface area contributed by atoms with Gasteiger partial charge in [0.2, 0.25) is 0 Å². The molecular weight excluding hydrogens is 241 g/mol. The van der Waals surface area contributed by atoms with Crippen LogP contribution in [-0.4, -0.2) is 13.1 Å². The second-order valence-electron chi connectivity index (χ2n) is 4.71. The maximum absolute atomic E-state index is 12.4. The van der Waals surface area contributed by atoms with E-state index in [2.05, 4.69) is 19.2 Å². The molecule has 1 aromatic rings. The van der Waals surface area contributed by atoms with Gasteiger partial charge in [-0.3, -0.25) is 0 Å². The van der Waals surface area contributed by atoms with Crippen LogP contribution >= 0.6 is 0 Å². The molecule has 102 valence electrons. The van der Waals surface area contributed by atoms with Gasteiger partial charge in [-0.25, -0.2) is 0 Å². The lowest BCUT2D eigenvalue weighted by atomic mass is 10.0. The highest BCUT2D eigenvalue weighted by Gasteiger charge is 2.30. The Bertz CT molecular complexity index is 357. The zero-order valence-corrected chi connectivity index (χ0v) is 10.6. The Morgan fingerprint density at radius 2 is 1.72 bits per heavy atom. The second kappa shape index (κ2) is 6.20. The predicted octanol–water partition coefficient (Wildman–Crippen LogP) is 2.95. The maximum atomic E-state index is 12.4. The molecule has 1 aromatic carbocycles. The highest BCUT2D eigenvalue weighted by Crippen LogP contribution is 2.29. The van der Waals surface area contributed by atoms with Crippen LogP contribution in [0.5, 0.6) is 0 Å². The van der Waals surface area contributed by atoms with Crippen LogP contribution < -0.4 is 11.1 Å². The van der Waals surface area contributed by atoms with E-state index in [0.29, 0.717) is 12.5 Å². The topological polar surface area (TPSA) is 38.0 Å². The van der Waals surface area contributed by atoms with E-state index in [1.54, 1.807) is 0 Å². The smallest absolute Gasteiger partial charge is 0.329 e. The number of rotatable bonds is 5. The fraction of sp³-hybridized carbons (Fsp3) is 0.538. The SMILES string of the molecule is CC(C)CNC(CN)c1ccc(C(F)(F)F)cc1. The van der Waals surface area contributed by atoms with Crippen molar-refractivity contribution < 1.29 is 13.2 Å². The number of alkyl halides is 3. The average Bonchev–Trinajstić information content (AvgIpc) is 2.29. The van der Waals surface area contributed by atoms with Crippen LogP contribution in [0.3, 0.4) is 0 Å². The number of hydrogen-bond acceptors (Lipinski definition) is 2. The molecule has 3 N–H and O–H groups in total. The van der Waals surface area contributed by atoms with Crippen molar-refractivity contribution in [1.29, 1.82) is 0 Å². The van der Waals surface area contributed by atoms with Gasteiger partial charge < -0.3 is 11.1 Å². The van der Waals surface area contributed by atoms with Gasteiger partial charge in [-0.2, -0.15) is 13.2 Å². The van der Waals surface area contributed by atoms with Crippen molar-refractivity contribution in [3.05, 3.63) is 35.4 Å². The molecule has 0 aliphatic rings. The van der Waals surface area contributed by atoms with Crippen LogP contribution in [0.2, 0.25) is 0 Å². The summed E-state index contributed by atoms with van der Waals surface area (Å²) in [7, 11) is 0. The quantitative estimate of drug-likeness (QED) is 0.854. The average molecular weight is 260 g/mol. The Balaban J connectivity index is 2.76. The van der Waals surface area contributed by atoms with Gasteiger partial charge in [-0.1, -0.05) is 26.0 Å². The minimum atomic E-state index is -4.29. The Morgan fingerprint density at radius 1 is 1.17 bits per heavy atom. The van der Waals surface area contributed by atoms with E-state index in [-0.39, 0.29) is 6.04 Å². The number of benzene rings is 1. The van der Waals surface area contributed by atoms with Gasteiger partial charge in [0.15, 0.2) is 0 Å². The molecule has 1 atom stereocenters. The van der Waals surface area contributed by atoms with Gasteiger partial charge in [0.25, 0.3) is 0 Å².